The maximum Gasteiger partial charge on any atom is 0.220 e. The fourth-order valence-corrected chi connectivity index (χ4v) is 4.33. The number of carbonyl (C=O) groups is 2. The van der Waals surface area contributed by atoms with Crippen LogP contribution >= 0.6 is 0 Å². The fourth-order valence-electron chi connectivity index (χ4n) is 4.33. The molecule has 0 aromatic carbocycles. The van der Waals surface area contributed by atoms with E-state index in [1.54, 1.807) is 0 Å². The van der Waals surface area contributed by atoms with Crippen LogP contribution in [0.2, 0.25) is 0 Å². The number of hydrogen-bond acceptors (Lipinski definition) is 7. The lowest BCUT2D eigenvalue weighted by molar-refractivity contribution is -0.122. The molecule has 0 aliphatic heterocycles. The lowest BCUT2D eigenvalue weighted by Gasteiger charge is -2.24. The van der Waals surface area contributed by atoms with E-state index in [-0.39, 0.29) is 30.6 Å². The highest BCUT2D eigenvalue weighted by Crippen LogP contribution is 2.20. The molecule has 0 saturated heterocycles. The van der Waals surface area contributed by atoms with Crippen molar-refractivity contribution in [2.75, 3.05) is 52.7 Å². The molecule has 6 N–H and O–H groups in total. The first-order valence-corrected chi connectivity index (χ1v) is 15.2. The lowest BCUT2D eigenvalue weighted by Crippen LogP contribution is -2.35. The topological polar surface area (TPSA) is 143 Å². The van der Waals surface area contributed by atoms with Gasteiger partial charge in [-0.3, -0.25) is 9.59 Å². The number of ether oxygens (including phenoxy) is 2. The van der Waals surface area contributed by atoms with Gasteiger partial charge in [0.15, 0.2) is 0 Å². The van der Waals surface area contributed by atoms with Gasteiger partial charge in [0.2, 0.25) is 11.8 Å². The molecule has 0 rings (SSSR count). The molecule has 2 amide bonds. The van der Waals surface area contributed by atoms with Gasteiger partial charge in [-0.05, 0) is 65.2 Å². The van der Waals surface area contributed by atoms with E-state index in [0.29, 0.717) is 52.4 Å². The van der Waals surface area contributed by atoms with Gasteiger partial charge in [-0.1, -0.05) is 43.8 Å². The third-order valence-electron chi connectivity index (χ3n) is 6.68. The largest absolute Gasteiger partial charge is 0.394 e. The van der Waals surface area contributed by atoms with Crippen molar-refractivity contribution in [3.63, 3.8) is 0 Å². The summed E-state index contributed by atoms with van der Waals surface area (Å²) in [4.78, 5) is 23.5. The molecule has 230 valence electrons. The first kappa shape index (κ1) is 37.5. The quantitative estimate of drug-likeness (QED) is 0.0728. The summed E-state index contributed by atoms with van der Waals surface area (Å²) >= 11 is 0. The molecule has 0 fully saturated rings. The second-order valence-corrected chi connectivity index (χ2v) is 10.8. The molecular formula is C30H59N3O6. The molecule has 0 bridgehead atoms. The second-order valence-electron chi connectivity index (χ2n) is 10.8. The van der Waals surface area contributed by atoms with E-state index < -0.39 is 0 Å². The van der Waals surface area contributed by atoms with Crippen molar-refractivity contribution >= 4 is 11.8 Å². The van der Waals surface area contributed by atoms with Gasteiger partial charge in [0.25, 0.3) is 0 Å². The summed E-state index contributed by atoms with van der Waals surface area (Å²) < 4.78 is 10.2. The predicted molar refractivity (Wildman–Crippen MR) is 157 cm³/mol. The molecule has 0 saturated carbocycles. The minimum atomic E-state index is -0.133. The average Bonchev–Trinajstić information content (AvgIpc) is 2.90. The molecule has 9 nitrogen and oxygen atoms in total. The third-order valence-corrected chi connectivity index (χ3v) is 6.68. The Hall–Kier alpha value is -1.52. The highest BCUT2D eigenvalue weighted by Gasteiger charge is 2.16. The number of carbonyl (C=O) groups excluding carboxylic acids is 2. The molecule has 0 aromatic heterocycles. The molecule has 0 radical (unpaired) electrons. The molecule has 0 aromatic rings. The molecule has 1 atom stereocenters. The van der Waals surface area contributed by atoms with Crippen molar-refractivity contribution in [3.8, 4) is 0 Å². The number of hydrogen-bond donors (Lipinski definition) is 5. The molecule has 1 unspecified atom stereocenters. The van der Waals surface area contributed by atoms with Crippen LogP contribution in [0, 0.1) is 0 Å². The van der Waals surface area contributed by atoms with Gasteiger partial charge in [-0.25, -0.2) is 0 Å². The van der Waals surface area contributed by atoms with Crippen LogP contribution in [-0.2, 0) is 19.1 Å². The van der Waals surface area contributed by atoms with Crippen LogP contribution in [0.4, 0.5) is 0 Å². The smallest absolute Gasteiger partial charge is 0.220 e. The zero-order chi connectivity index (χ0) is 29.0. The zero-order valence-corrected chi connectivity index (χ0v) is 24.9. The normalized spacial score (nSPS) is 13.3. The lowest BCUT2D eigenvalue weighted by atomic mass is 9.89. The molecule has 39 heavy (non-hydrogen) atoms. The number of nitrogens with two attached hydrogens (primary N) is 1. The van der Waals surface area contributed by atoms with E-state index in [1.165, 1.54) is 5.57 Å². The zero-order valence-electron chi connectivity index (χ0n) is 24.9. The Morgan fingerprint density at radius 1 is 0.718 bits per heavy atom. The number of unbranched alkanes of at least 4 members (excludes halogenated alkanes) is 7. The molecule has 9 heteroatoms. The number of amides is 2. The Balaban J connectivity index is 3.65. The van der Waals surface area contributed by atoms with Crippen molar-refractivity contribution in [2.45, 2.75) is 116 Å². The van der Waals surface area contributed by atoms with Gasteiger partial charge in [-0.15, -0.1) is 0 Å². The summed E-state index contributed by atoms with van der Waals surface area (Å²) in [6, 6.07) is 0. The third kappa shape index (κ3) is 27.8. The predicted octanol–water partition coefficient (Wildman–Crippen LogP) is 3.75. The Morgan fingerprint density at radius 2 is 1.18 bits per heavy atom. The monoisotopic (exact) mass is 557 g/mol. The Labute approximate surface area is 237 Å². The summed E-state index contributed by atoms with van der Waals surface area (Å²) in [6.45, 7) is 6.86. The van der Waals surface area contributed by atoms with Crippen LogP contribution in [0.15, 0.2) is 11.6 Å². The molecule has 0 spiro atoms. The summed E-state index contributed by atoms with van der Waals surface area (Å²) in [5.74, 6) is 0.136. The van der Waals surface area contributed by atoms with Crippen LogP contribution in [-0.4, -0.2) is 80.3 Å². The number of aliphatic hydroxyl groups excluding tert-OH is 2. The number of allylic oxidation sites excluding steroid dienone is 2. The summed E-state index contributed by atoms with van der Waals surface area (Å²) in [6.07, 6.45) is 17.2. The van der Waals surface area contributed by atoms with Gasteiger partial charge < -0.3 is 36.1 Å². The molecule has 0 heterocycles. The highest BCUT2D eigenvalue weighted by atomic mass is 16.5. The van der Waals surface area contributed by atoms with Crippen molar-refractivity contribution in [1.29, 1.82) is 0 Å². The maximum absolute atomic E-state index is 11.8. The summed E-state index contributed by atoms with van der Waals surface area (Å²) in [5.41, 5.74) is 7.83. The maximum atomic E-state index is 11.8. The van der Waals surface area contributed by atoms with Crippen molar-refractivity contribution in [2.24, 2.45) is 5.73 Å². The Morgan fingerprint density at radius 3 is 1.69 bits per heavy atom. The summed E-state index contributed by atoms with van der Waals surface area (Å²) in [5, 5.41) is 22.9. The minimum absolute atomic E-state index is 0.00483. The van der Waals surface area contributed by atoms with Crippen LogP contribution in [0.5, 0.6) is 0 Å². The van der Waals surface area contributed by atoms with Gasteiger partial charge >= 0.3 is 0 Å². The van der Waals surface area contributed by atoms with Crippen molar-refractivity contribution in [3.05, 3.63) is 11.6 Å². The molecule has 0 aliphatic rings. The highest BCUT2D eigenvalue weighted by molar-refractivity contribution is 5.76. The molecular weight excluding hydrogens is 498 g/mol. The van der Waals surface area contributed by atoms with Crippen LogP contribution < -0.4 is 16.4 Å². The number of aliphatic hydroxyl groups is 2. The van der Waals surface area contributed by atoms with E-state index >= 15 is 0 Å². The van der Waals surface area contributed by atoms with E-state index in [2.05, 4.69) is 30.6 Å². The van der Waals surface area contributed by atoms with Gasteiger partial charge in [0.1, 0.15) is 0 Å². The number of rotatable bonds is 28. The van der Waals surface area contributed by atoms with E-state index in [9.17, 15) is 9.59 Å². The first-order chi connectivity index (χ1) is 18.8. The Bertz CT molecular complexity index is 628. The van der Waals surface area contributed by atoms with Crippen molar-refractivity contribution in [1.82, 2.24) is 10.6 Å². The van der Waals surface area contributed by atoms with E-state index in [4.69, 9.17) is 25.4 Å². The first-order valence-electron chi connectivity index (χ1n) is 15.2. The van der Waals surface area contributed by atoms with Gasteiger partial charge in [0, 0.05) is 31.5 Å². The summed E-state index contributed by atoms with van der Waals surface area (Å²) in [7, 11) is 0. The molecule has 0 aliphatic carbocycles. The standard InChI is InChI=1S/C30H59N3O6/c1-27(13-7-3-4-8-15-28(36)32-19-23-38-25-21-34)14-10-12-18-30(2,31)17-11-6-5-9-16-29(37)33-20-24-39-26-22-35/h14,34-35H,3-13,15-26,31H2,1-2H3,(H,32,36)(H,33,37)/b27-14+. The SMILES string of the molecule is C/C(=C\CCCC(C)(N)CCCCCCC(=O)NCCOCCO)CCCCCCC(=O)NCCOCCO. The van der Waals surface area contributed by atoms with Crippen LogP contribution in [0.25, 0.3) is 0 Å². The van der Waals surface area contributed by atoms with Gasteiger partial charge in [0.05, 0.1) is 39.6 Å². The van der Waals surface area contributed by atoms with E-state index in [0.717, 1.165) is 83.5 Å². The Kier molecular flexibility index (Phi) is 25.6. The van der Waals surface area contributed by atoms with Gasteiger partial charge in [-0.2, -0.15) is 0 Å². The second kappa shape index (κ2) is 26.7. The fraction of sp³-hybridized carbons (Fsp3) is 0.867. The van der Waals surface area contributed by atoms with Crippen LogP contribution in [0.1, 0.15) is 110 Å². The number of nitrogens with one attached hydrogen (secondary N) is 2. The average molecular weight is 558 g/mol. The van der Waals surface area contributed by atoms with E-state index in [1.807, 2.05) is 0 Å². The minimum Gasteiger partial charge on any atom is -0.394 e. The van der Waals surface area contributed by atoms with Crippen molar-refractivity contribution < 1.29 is 29.3 Å². The van der Waals surface area contributed by atoms with Crippen LogP contribution in [0.3, 0.4) is 0 Å².